The van der Waals surface area contributed by atoms with Crippen molar-refractivity contribution in [1.29, 1.82) is 0 Å². The maximum atomic E-state index is 13.8. The number of alkyl halides is 3. The van der Waals surface area contributed by atoms with Crippen molar-refractivity contribution in [2.24, 2.45) is 5.92 Å². The zero-order chi connectivity index (χ0) is 22.9. The third kappa shape index (κ3) is 5.32. The van der Waals surface area contributed by atoms with Crippen molar-refractivity contribution in [1.82, 2.24) is 15.6 Å². The van der Waals surface area contributed by atoms with Gasteiger partial charge in [-0.3, -0.25) is 4.79 Å². The Morgan fingerprint density at radius 2 is 1.91 bits per heavy atom. The smallest absolute Gasteiger partial charge is 0.406 e. The minimum atomic E-state index is -4.49. The molecule has 4 rings (SSSR count). The predicted octanol–water partition coefficient (Wildman–Crippen LogP) is 3.53. The second kappa shape index (κ2) is 9.48. The Labute approximate surface area is 186 Å². The SMILES string of the molecule is O=C(NC1CCC(NC(CO)C(F)(F)F)CC1)C1CC(Oc2cc(F)cc3scnc23)C1. The molecule has 0 aliphatic heterocycles. The minimum absolute atomic E-state index is 0.0724. The lowest BCUT2D eigenvalue weighted by Crippen LogP contribution is -2.52. The summed E-state index contributed by atoms with van der Waals surface area (Å²) in [4.78, 5) is 16.7. The Hall–Kier alpha value is -1.98. The molecule has 2 aliphatic carbocycles. The van der Waals surface area contributed by atoms with E-state index in [0.29, 0.717) is 54.5 Å². The Morgan fingerprint density at radius 1 is 1.22 bits per heavy atom. The van der Waals surface area contributed by atoms with E-state index in [2.05, 4.69) is 15.6 Å². The van der Waals surface area contributed by atoms with E-state index in [1.807, 2.05) is 0 Å². The molecule has 1 heterocycles. The van der Waals surface area contributed by atoms with Crippen molar-refractivity contribution in [2.75, 3.05) is 6.61 Å². The first-order chi connectivity index (χ1) is 15.2. The first-order valence-corrected chi connectivity index (χ1v) is 11.5. The molecule has 2 aliphatic rings. The molecule has 11 heteroatoms. The summed E-state index contributed by atoms with van der Waals surface area (Å²) < 4.78 is 58.7. The van der Waals surface area contributed by atoms with Gasteiger partial charge in [-0.2, -0.15) is 13.2 Å². The van der Waals surface area contributed by atoms with E-state index in [1.165, 1.54) is 23.5 Å². The lowest BCUT2D eigenvalue weighted by molar-refractivity contribution is -0.166. The number of nitrogens with one attached hydrogen (secondary N) is 2. The fourth-order valence-corrected chi connectivity index (χ4v) is 5.02. The second-order valence-corrected chi connectivity index (χ2v) is 9.40. The van der Waals surface area contributed by atoms with E-state index in [9.17, 15) is 22.4 Å². The van der Waals surface area contributed by atoms with Gasteiger partial charge in [-0.25, -0.2) is 9.37 Å². The number of halogens is 4. The highest BCUT2D eigenvalue weighted by atomic mass is 32.1. The fraction of sp³-hybridized carbons (Fsp3) is 0.619. The number of fused-ring (bicyclic) bond motifs is 1. The van der Waals surface area contributed by atoms with Crippen LogP contribution in [0.25, 0.3) is 10.2 Å². The molecule has 6 nitrogen and oxygen atoms in total. The first kappa shape index (κ1) is 23.2. The van der Waals surface area contributed by atoms with Crippen LogP contribution >= 0.6 is 11.3 Å². The molecule has 0 radical (unpaired) electrons. The van der Waals surface area contributed by atoms with E-state index < -0.39 is 24.6 Å². The molecule has 1 aromatic heterocycles. The summed E-state index contributed by atoms with van der Waals surface area (Å²) in [7, 11) is 0. The maximum Gasteiger partial charge on any atom is 0.406 e. The first-order valence-electron chi connectivity index (χ1n) is 10.7. The van der Waals surface area contributed by atoms with Gasteiger partial charge in [0.15, 0.2) is 0 Å². The highest BCUT2D eigenvalue weighted by Crippen LogP contribution is 2.36. The van der Waals surface area contributed by atoms with Crippen LogP contribution in [0.4, 0.5) is 17.6 Å². The zero-order valence-electron chi connectivity index (χ0n) is 17.2. The molecule has 0 spiro atoms. The summed E-state index contributed by atoms with van der Waals surface area (Å²) in [5, 5.41) is 14.4. The monoisotopic (exact) mass is 475 g/mol. The summed E-state index contributed by atoms with van der Waals surface area (Å²) in [6, 6.07) is 0.388. The van der Waals surface area contributed by atoms with Gasteiger partial charge in [-0.1, -0.05) is 0 Å². The highest BCUT2D eigenvalue weighted by Gasteiger charge is 2.41. The number of thiazole rings is 1. The molecule has 1 unspecified atom stereocenters. The number of ether oxygens (including phenoxy) is 1. The molecule has 3 N–H and O–H groups in total. The quantitative estimate of drug-likeness (QED) is 0.534. The molecule has 176 valence electrons. The minimum Gasteiger partial charge on any atom is -0.488 e. The van der Waals surface area contributed by atoms with Crippen molar-refractivity contribution >= 4 is 27.5 Å². The molecule has 2 aromatic rings. The third-order valence-corrected chi connectivity index (χ3v) is 6.99. The number of hydrogen-bond acceptors (Lipinski definition) is 6. The van der Waals surface area contributed by atoms with Crippen molar-refractivity contribution in [3.63, 3.8) is 0 Å². The Kier molecular flexibility index (Phi) is 6.87. The molecule has 32 heavy (non-hydrogen) atoms. The lowest BCUT2D eigenvalue weighted by Gasteiger charge is -2.37. The number of benzene rings is 1. The number of carbonyl (C=O) groups excluding carboxylic acids is 1. The van der Waals surface area contributed by atoms with Crippen molar-refractivity contribution in [3.05, 3.63) is 23.5 Å². The van der Waals surface area contributed by atoms with Crippen LogP contribution in [0, 0.1) is 11.7 Å². The molecule has 2 saturated carbocycles. The molecule has 0 bridgehead atoms. The van der Waals surface area contributed by atoms with E-state index in [4.69, 9.17) is 9.84 Å². The van der Waals surface area contributed by atoms with E-state index in [-0.39, 0.29) is 30.0 Å². The topological polar surface area (TPSA) is 83.5 Å². The summed E-state index contributed by atoms with van der Waals surface area (Å²) >= 11 is 1.33. The Bertz CT molecular complexity index is 940. The normalized spacial score (nSPS) is 27.0. The Morgan fingerprint density at radius 3 is 2.56 bits per heavy atom. The Balaban J connectivity index is 1.20. The van der Waals surface area contributed by atoms with Crippen LogP contribution in [0.1, 0.15) is 38.5 Å². The van der Waals surface area contributed by atoms with Crippen LogP contribution in [0.15, 0.2) is 17.6 Å². The predicted molar refractivity (Wildman–Crippen MR) is 111 cm³/mol. The summed E-state index contributed by atoms with van der Waals surface area (Å²) in [5.41, 5.74) is 2.24. The molecule has 1 aromatic carbocycles. The van der Waals surface area contributed by atoms with Gasteiger partial charge in [0.25, 0.3) is 0 Å². The number of aliphatic hydroxyl groups excluding tert-OH is 1. The van der Waals surface area contributed by atoms with E-state index in [1.54, 1.807) is 5.51 Å². The average molecular weight is 476 g/mol. The van der Waals surface area contributed by atoms with Crippen molar-refractivity contribution in [3.8, 4) is 5.75 Å². The number of carbonyl (C=O) groups is 1. The lowest BCUT2D eigenvalue weighted by atomic mass is 9.81. The van der Waals surface area contributed by atoms with Crippen LogP contribution < -0.4 is 15.4 Å². The highest BCUT2D eigenvalue weighted by molar-refractivity contribution is 7.16. The van der Waals surface area contributed by atoms with Gasteiger partial charge in [-0.15, -0.1) is 11.3 Å². The van der Waals surface area contributed by atoms with Crippen LogP contribution in [0.2, 0.25) is 0 Å². The number of aliphatic hydroxyl groups is 1. The molecular formula is C21H25F4N3O3S. The summed E-state index contributed by atoms with van der Waals surface area (Å²) in [6.45, 7) is -0.991. The van der Waals surface area contributed by atoms with Crippen LogP contribution in [-0.2, 0) is 4.79 Å². The molecule has 1 atom stereocenters. The maximum absolute atomic E-state index is 13.8. The van der Waals surface area contributed by atoms with Crippen LogP contribution in [0.5, 0.6) is 5.75 Å². The number of rotatable bonds is 7. The molecule has 0 saturated heterocycles. The van der Waals surface area contributed by atoms with Crippen LogP contribution in [-0.4, -0.2) is 53.0 Å². The largest absolute Gasteiger partial charge is 0.488 e. The number of hydrogen-bond donors (Lipinski definition) is 3. The zero-order valence-corrected chi connectivity index (χ0v) is 18.0. The van der Waals surface area contributed by atoms with E-state index >= 15 is 0 Å². The number of amides is 1. The van der Waals surface area contributed by atoms with Gasteiger partial charge in [0.2, 0.25) is 5.91 Å². The van der Waals surface area contributed by atoms with Gasteiger partial charge in [0.1, 0.15) is 29.2 Å². The van der Waals surface area contributed by atoms with Gasteiger partial charge in [-0.05, 0) is 44.6 Å². The van der Waals surface area contributed by atoms with Crippen LogP contribution in [0.3, 0.4) is 0 Å². The van der Waals surface area contributed by atoms with Gasteiger partial charge < -0.3 is 20.5 Å². The molecular weight excluding hydrogens is 450 g/mol. The van der Waals surface area contributed by atoms with E-state index in [0.717, 1.165) is 0 Å². The average Bonchev–Trinajstić information content (AvgIpc) is 3.17. The molecule has 2 fully saturated rings. The van der Waals surface area contributed by atoms with Crippen molar-refractivity contribution < 1.29 is 32.2 Å². The second-order valence-electron chi connectivity index (χ2n) is 8.51. The number of nitrogens with zero attached hydrogens (tertiary/aromatic N) is 1. The third-order valence-electron chi connectivity index (χ3n) is 6.21. The molecule has 1 amide bonds. The number of aromatic nitrogens is 1. The standard InChI is InChI=1S/C21H25F4N3O3S/c22-12-7-16(19-17(8-12)32-10-26-19)31-15-5-11(6-15)20(30)28-14-3-1-13(2-4-14)27-18(9-29)21(23,24)25/h7-8,10-11,13-15,18,27,29H,1-6,9H2,(H,28,30). The van der Waals surface area contributed by atoms with Gasteiger partial charge in [0.05, 0.1) is 16.8 Å². The fourth-order valence-electron chi connectivity index (χ4n) is 4.31. The van der Waals surface area contributed by atoms with Gasteiger partial charge in [0, 0.05) is 24.1 Å². The summed E-state index contributed by atoms with van der Waals surface area (Å²) in [5.74, 6) is -0.283. The van der Waals surface area contributed by atoms with Gasteiger partial charge >= 0.3 is 6.18 Å². The summed E-state index contributed by atoms with van der Waals surface area (Å²) in [6.07, 6.45) is -1.47. The van der Waals surface area contributed by atoms with Crippen molar-refractivity contribution in [2.45, 2.75) is 68.9 Å².